The first-order chi connectivity index (χ1) is 8.08. The highest BCUT2D eigenvalue weighted by Crippen LogP contribution is 2.18. The largest absolute Gasteiger partial charge is 0.478 e. The molecule has 0 saturated heterocycles. The van der Waals surface area contributed by atoms with Gasteiger partial charge in [0.15, 0.2) is 0 Å². The summed E-state index contributed by atoms with van der Waals surface area (Å²) in [6.07, 6.45) is 0. The van der Waals surface area contributed by atoms with Gasteiger partial charge in [0.2, 0.25) is 0 Å². The topological polar surface area (TPSA) is 101 Å². The smallest absolute Gasteiger partial charge is 0.335 e. The van der Waals surface area contributed by atoms with Crippen molar-refractivity contribution in [1.82, 2.24) is 4.98 Å². The Hall–Kier alpha value is -2.31. The molecule has 0 aliphatic rings. The predicted octanol–water partition coefficient (Wildman–Crippen LogP) is 1.29. The average molecular weight is 251 g/mol. The first kappa shape index (κ1) is 12.8. The predicted molar refractivity (Wildman–Crippen MR) is 59.6 cm³/mol. The summed E-state index contributed by atoms with van der Waals surface area (Å²) in [4.78, 5) is 16.0. The Labute approximate surface area is 102 Å². The first-order valence-corrected chi connectivity index (χ1v) is 4.86. The molecule has 6 nitrogen and oxygen atoms in total. The van der Waals surface area contributed by atoms with E-state index in [0.29, 0.717) is 0 Å². The maximum absolute atomic E-state index is 10.8. The number of nitriles is 2. The van der Waals surface area contributed by atoms with Crippen LogP contribution in [-0.2, 0) is 0 Å². The molecule has 7 heteroatoms. The van der Waals surface area contributed by atoms with Crippen molar-refractivity contribution in [2.45, 2.75) is 0 Å². The summed E-state index contributed by atoms with van der Waals surface area (Å²) in [6, 6.07) is 6.19. The van der Waals surface area contributed by atoms with Crippen LogP contribution in [0.5, 0.6) is 0 Å². The average Bonchev–Trinajstić information content (AvgIpc) is 2.28. The molecule has 0 spiro atoms. The molecular formula is C10H7ClN4O2. The summed E-state index contributed by atoms with van der Waals surface area (Å²) < 4.78 is 0. The van der Waals surface area contributed by atoms with Crippen LogP contribution in [-0.4, -0.2) is 29.1 Å². The normalized spacial score (nSPS) is 9.12. The lowest BCUT2D eigenvalue weighted by atomic mass is 10.2. The molecule has 0 bridgehead atoms. The minimum atomic E-state index is -1.15. The Morgan fingerprint density at radius 1 is 1.41 bits per heavy atom. The van der Waals surface area contributed by atoms with E-state index in [0.717, 1.165) is 0 Å². The van der Waals surface area contributed by atoms with Gasteiger partial charge >= 0.3 is 5.97 Å². The van der Waals surface area contributed by atoms with Gasteiger partial charge in [0.1, 0.15) is 24.1 Å². The molecule has 1 aromatic rings. The van der Waals surface area contributed by atoms with Crippen LogP contribution in [0, 0.1) is 22.7 Å². The Bertz CT molecular complexity index is 502. The standard InChI is InChI=1S/C10H7ClN4O2/c11-8-5-7(10(16)17)6-9(14-8)15(3-1-12)4-2-13/h5-6H,3-4H2,(H,16,17). The molecule has 0 atom stereocenters. The highest BCUT2D eigenvalue weighted by atomic mass is 35.5. The number of carboxylic acid groups (broad SMARTS) is 1. The monoisotopic (exact) mass is 250 g/mol. The van der Waals surface area contributed by atoms with Crippen molar-refractivity contribution in [3.05, 3.63) is 22.8 Å². The third-order valence-corrected chi connectivity index (χ3v) is 2.07. The molecule has 0 saturated carbocycles. The van der Waals surface area contributed by atoms with Crippen LogP contribution >= 0.6 is 11.6 Å². The molecule has 1 aromatic heterocycles. The molecule has 0 aliphatic heterocycles. The number of pyridine rings is 1. The van der Waals surface area contributed by atoms with Crippen molar-refractivity contribution in [2.75, 3.05) is 18.0 Å². The number of carbonyl (C=O) groups is 1. The lowest BCUT2D eigenvalue weighted by Gasteiger charge is -2.17. The fourth-order valence-electron chi connectivity index (χ4n) is 1.16. The van der Waals surface area contributed by atoms with Gasteiger partial charge < -0.3 is 10.0 Å². The number of aromatic carboxylic acids is 1. The molecule has 0 amide bonds. The summed E-state index contributed by atoms with van der Waals surface area (Å²) >= 11 is 5.67. The van der Waals surface area contributed by atoms with Gasteiger partial charge in [0.05, 0.1) is 17.7 Å². The van der Waals surface area contributed by atoms with E-state index in [1.54, 1.807) is 0 Å². The zero-order valence-electron chi connectivity index (χ0n) is 8.59. The van der Waals surface area contributed by atoms with Crippen LogP contribution in [0.3, 0.4) is 0 Å². The van der Waals surface area contributed by atoms with E-state index in [4.69, 9.17) is 27.2 Å². The van der Waals surface area contributed by atoms with Crippen molar-refractivity contribution in [1.29, 1.82) is 10.5 Å². The minimum Gasteiger partial charge on any atom is -0.478 e. The van der Waals surface area contributed by atoms with Crippen molar-refractivity contribution >= 4 is 23.4 Å². The second-order valence-electron chi connectivity index (χ2n) is 3.01. The third kappa shape index (κ3) is 3.33. The van der Waals surface area contributed by atoms with Gasteiger partial charge in [-0.05, 0) is 12.1 Å². The van der Waals surface area contributed by atoms with Crippen LogP contribution in [0.25, 0.3) is 0 Å². The van der Waals surface area contributed by atoms with Crippen LogP contribution in [0.1, 0.15) is 10.4 Å². The highest BCUT2D eigenvalue weighted by Gasteiger charge is 2.12. The Morgan fingerprint density at radius 2 is 2.00 bits per heavy atom. The maximum atomic E-state index is 10.8. The molecule has 0 unspecified atom stereocenters. The fraction of sp³-hybridized carbons (Fsp3) is 0.200. The molecule has 1 N–H and O–H groups in total. The molecule has 0 radical (unpaired) electrons. The number of halogens is 1. The van der Waals surface area contributed by atoms with E-state index in [1.807, 2.05) is 12.1 Å². The summed E-state index contributed by atoms with van der Waals surface area (Å²) in [5.74, 6) is -0.956. The Morgan fingerprint density at radius 3 is 2.47 bits per heavy atom. The van der Waals surface area contributed by atoms with E-state index in [1.165, 1.54) is 17.0 Å². The lowest BCUT2D eigenvalue weighted by Crippen LogP contribution is -2.25. The van der Waals surface area contributed by atoms with E-state index >= 15 is 0 Å². The minimum absolute atomic E-state index is 0.000722. The summed E-state index contributed by atoms with van der Waals surface area (Å²) in [6.45, 7) is -0.139. The van der Waals surface area contributed by atoms with Gasteiger partial charge in [-0.25, -0.2) is 9.78 Å². The molecule has 0 fully saturated rings. The van der Waals surface area contributed by atoms with Gasteiger partial charge in [-0.15, -0.1) is 0 Å². The molecule has 0 aliphatic carbocycles. The van der Waals surface area contributed by atoms with Crippen molar-refractivity contribution in [3.8, 4) is 12.1 Å². The van der Waals surface area contributed by atoms with E-state index < -0.39 is 5.97 Å². The van der Waals surface area contributed by atoms with Crippen LogP contribution in [0.2, 0.25) is 5.15 Å². The van der Waals surface area contributed by atoms with Gasteiger partial charge in [0, 0.05) is 0 Å². The zero-order valence-corrected chi connectivity index (χ0v) is 9.35. The first-order valence-electron chi connectivity index (χ1n) is 4.48. The summed E-state index contributed by atoms with van der Waals surface area (Å²) in [7, 11) is 0. The number of hydrogen-bond acceptors (Lipinski definition) is 5. The molecular weight excluding hydrogens is 244 g/mol. The Kier molecular flexibility index (Phi) is 4.27. The van der Waals surface area contributed by atoms with Crippen LogP contribution in [0.15, 0.2) is 12.1 Å². The van der Waals surface area contributed by atoms with E-state index in [-0.39, 0.29) is 29.6 Å². The van der Waals surface area contributed by atoms with E-state index in [9.17, 15) is 4.79 Å². The molecule has 86 valence electrons. The SMILES string of the molecule is N#CCN(CC#N)c1cc(C(=O)O)cc(Cl)n1. The van der Waals surface area contributed by atoms with Gasteiger partial charge in [-0.2, -0.15) is 10.5 Å². The second-order valence-corrected chi connectivity index (χ2v) is 3.40. The number of hydrogen-bond donors (Lipinski definition) is 1. The number of anilines is 1. The summed E-state index contributed by atoms with van der Waals surface area (Å²) in [5.41, 5.74) is -0.0409. The second kappa shape index (κ2) is 5.69. The third-order valence-electron chi connectivity index (χ3n) is 1.87. The lowest BCUT2D eigenvalue weighted by molar-refractivity contribution is 0.0697. The van der Waals surface area contributed by atoms with Crippen LogP contribution < -0.4 is 4.90 Å². The van der Waals surface area contributed by atoms with Crippen molar-refractivity contribution in [3.63, 3.8) is 0 Å². The molecule has 1 rings (SSSR count). The molecule has 1 heterocycles. The quantitative estimate of drug-likeness (QED) is 0.638. The molecule has 17 heavy (non-hydrogen) atoms. The fourth-order valence-corrected chi connectivity index (χ4v) is 1.36. The van der Waals surface area contributed by atoms with Crippen molar-refractivity contribution in [2.24, 2.45) is 0 Å². The Balaban J connectivity index is 3.15. The number of aromatic nitrogens is 1. The molecule has 0 aromatic carbocycles. The number of carboxylic acids is 1. The van der Waals surface area contributed by atoms with Gasteiger partial charge in [-0.3, -0.25) is 0 Å². The number of nitrogens with zero attached hydrogens (tertiary/aromatic N) is 4. The summed E-state index contributed by atoms with van der Waals surface area (Å²) in [5, 5.41) is 26.0. The zero-order chi connectivity index (χ0) is 12.8. The van der Waals surface area contributed by atoms with Gasteiger partial charge in [-0.1, -0.05) is 11.6 Å². The van der Waals surface area contributed by atoms with E-state index in [2.05, 4.69) is 4.98 Å². The highest BCUT2D eigenvalue weighted by molar-refractivity contribution is 6.29. The van der Waals surface area contributed by atoms with Gasteiger partial charge in [0.25, 0.3) is 0 Å². The van der Waals surface area contributed by atoms with Crippen LogP contribution in [0.4, 0.5) is 5.82 Å². The number of rotatable bonds is 4. The van der Waals surface area contributed by atoms with Crippen molar-refractivity contribution < 1.29 is 9.90 Å². The maximum Gasteiger partial charge on any atom is 0.335 e.